The van der Waals surface area contributed by atoms with Crippen molar-refractivity contribution in [2.24, 2.45) is 0 Å². The van der Waals surface area contributed by atoms with Gasteiger partial charge in [-0.15, -0.1) is 0 Å². The summed E-state index contributed by atoms with van der Waals surface area (Å²) in [5.41, 5.74) is 3.67. The Kier molecular flexibility index (Phi) is 6.24. The Balaban J connectivity index is 1.21. The largest absolute Gasteiger partial charge is 0.491 e. The van der Waals surface area contributed by atoms with Gasteiger partial charge in [-0.3, -0.25) is 0 Å². The van der Waals surface area contributed by atoms with Crippen LogP contribution >= 0.6 is 11.6 Å². The summed E-state index contributed by atoms with van der Waals surface area (Å²) in [5.74, 6) is 2.09. The van der Waals surface area contributed by atoms with Crippen molar-refractivity contribution in [2.75, 3.05) is 25.3 Å². The molecule has 0 fully saturated rings. The first-order chi connectivity index (χ1) is 16.1. The van der Waals surface area contributed by atoms with Crippen molar-refractivity contribution in [3.63, 3.8) is 0 Å². The lowest BCUT2D eigenvalue weighted by Crippen LogP contribution is -2.36. The third kappa shape index (κ3) is 5.16. The fourth-order valence-electron chi connectivity index (χ4n) is 3.75. The van der Waals surface area contributed by atoms with E-state index in [0.717, 1.165) is 22.4 Å². The minimum atomic E-state index is -0.199. The normalized spacial score (nSPS) is 14.3. The number of nitrogens with one attached hydrogen (secondary N) is 1. The summed E-state index contributed by atoms with van der Waals surface area (Å²) in [4.78, 5) is 14.7. The first-order valence-electron chi connectivity index (χ1n) is 10.7. The van der Waals surface area contributed by atoms with E-state index in [9.17, 15) is 4.79 Å². The Bertz CT molecular complexity index is 1150. The van der Waals surface area contributed by atoms with Crippen molar-refractivity contribution in [2.45, 2.75) is 19.8 Å². The van der Waals surface area contributed by atoms with Crippen LogP contribution in [0, 0.1) is 0 Å². The Labute approximate surface area is 196 Å². The van der Waals surface area contributed by atoms with Gasteiger partial charge in [0.15, 0.2) is 11.5 Å². The lowest BCUT2D eigenvalue weighted by atomic mass is 10.1. The zero-order chi connectivity index (χ0) is 22.6. The molecule has 7 nitrogen and oxygen atoms in total. The number of ether oxygens (including phenoxy) is 4. The van der Waals surface area contributed by atoms with Crippen molar-refractivity contribution in [1.29, 1.82) is 0 Å². The number of carbonyl (C=O) groups is 1. The topological polar surface area (TPSA) is 69.3 Å². The average molecular weight is 467 g/mol. The van der Waals surface area contributed by atoms with Crippen LogP contribution < -0.4 is 19.5 Å². The lowest BCUT2D eigenvalue weighted by molar-refractivity contribution is 0.107. The molecule has 0 atom stereocenters. The summed E-state index contributed by atoms with van der Waals surface area (Å²) in [6.07, 6.45) is 0. The number of halogens is 1. The van der Waals surface area contributed by atoms with Crippen LogP contribution in [0.25, 0.3) is 0 Å². The van der Waals surface area contributed by atoms with Crippen LogP contribution in [0.4, 0.5) is 10.5 Å². The van der Waals surface area contributed by atoms with E-state index in [1.54, 1.807) is 23.1 Å². The second-order valence-electron chi connectivity index (χ2n) is 7.83. The smallest absolute Gasteiger partial charge is 0.322 e. The van der Waals surface area contributed by atoms with Gasteiger partial charge in [0, 0.05) is 22.3 Å². The van der Waals surface area contributed by atoms with Crippen LogP contribution in [-0.2, 0) is 24.5 Å². The molecule has 3 aromatic rings. The molecule has 0 aliphatic carbocycles. The minimum Gasteiger partial charge on any atom is -0.491 e. The van der Waals surface area contributed by atoms with E-state index in [1.165, 1.54) is 0 Å². The fraction of sp³-hybridized carbons (Fsp3) is 0.240. The van der Waals surface area contributed by atoms with E-state index in [4.69, 9.17) is 30.5 Å². The van der Waals surface area contributed by atoms with Gasteiger partial charge in [-0.2, -0.15) is 0 Å². The Morgan fingerprint density at radius 3 is 2.55 bits per heavy atom. The quantitative estimate of drug-likeness (QED) is 0.559. The molecule has 8 heteroatoms. The number of hydrogen-bond acceptors (Lipinski definition) is 5. The number of urea groups is 1. The van der Waals surface area contributed by atoms with Crippen LogP contribution in [0.3, 0.4) is 0 Å². The van der Waals surface area contributed by atoms with Crippen LogP contribution in [0.15, 0.2) is 60.7 Å². The number of fused-ring (bicyclic) bond motifs is 2. The van der Waals surface area contributed by atoms with E-state index < -0.39 is 0 Å². The Hall–Kier alpha value is -3.42. The van der Waals surface area contributed by atoms with Crippen molar-refractivity contribution in [1.82, 2.24) is 4.90 Å². The summed E-state index contributed by atoms with van der Waals surface area (Å²) in [6, 6.07) is 18.7. The highest BCUT2D eigenvalue weighted by Gasteiger charge is 2.21. The molecule has 2 amide bonds. The van der Waals surface area contributed by atoms with Gasteiger partial charge >= 0.3 is 6.03 Å². The maximum atomic E-state index is 12.9. The summed E-state index contributed by atoms with van der Waals surface area (Å²) in [6.45, 7) is 2.49. The number of anilines is 1. The lowest BCUT2D eigenvalue weighted by Gasteiger charge is -2.20. The molecule has 1 N–H and O–H groups in total. The molecule has 5 rings (SSSR count). The summed E-state index contributed by atoms with van der Waals surface area (Å²) < 4.78 is 22.4. The second-order valence-corrected chi connectivity index (χ2v) is 8.27. The van der Waals surface area contributed by atoms with Gasteiger partial charge in [0.2, 0.25) is 6.79 Å². The summed E-state index contributed by atoms with van der Waals surface area (Å²) in [5, 5.41) is 3.64. The molecule has 2 aliphatic rings. The van der Waals surface area contributed by atoms with Crippen LogP contribution in [0.2, 0.25) is 5.02 Å². The molecule has 3 aromatic carbocycles. The molecule has 0 saturated carbocycles. The standard InChI is InChI=1S/C25H23ClN2O5/c26-20-4-1-17(2-5-20)14-30-15-18-3-7-22-19(11-18)13-28(9-10-31-22)25(29)27-21-6-8-23-24(12-21)33-16-32-23/h1-8,11-12H,9-10,13-16H2,(H,27,29). The molecule has 0 bridgehead atoms. The highest BCUT2D eigenvalue weighted by Crippen LogP contribution is 2.34. The van der Waals surface area contributed by atoms with Gasteiger partial charge < -0.3 is 29.2 Å². The number of amides is 2. The van der Waals surface area contributed by atoms with Gasteiger partial charge in [0.05, 0.1) is 26.3 Å². The van der Waals surface area contributed by atoms with Crippen LogP contribution in [0.5, 0.6) is 17.2 Å². The first-order valence-corrected chi connectivity index (χ1v) is 11.0. The van der Waals surface area contributed by atoms with Crippen molar-refractivity contribution < 1.29 is 23.7 Å². The number of hydrogen-bond donors (Lipinski definition) is 1. The highest BCUT2D eigenvalue weighted by molar-refractivity contribution is 6.30. The Morgan fingerprint density at radius 2 is 1.67 bits per heavy atom. The molecule has 170 valence electrons. The Morgan fingerprint density at radius 1 is 0.909 bits per heavy atom. The van der Waals surface area contributed by atoms with E-state index in [-0.39, 0.29) is 12.8 Å². The molecule has 33 heavy (non-hydrogen) atoms. The van der Waals surface area contributed by atoms with Crippen LogP contribution in [-0.4, -0.2) is 30.9 Å². The maximum absolute atomic E-state index is 12.9. The molecular formula is C25H23ClN2O5. The molecule has 2 heterocycles. The van der Waals surface area contributed by atoms with E-state index in [0.29, 0.717) is 55.1 Å². The van der Waals surface area contributed by atoms with Gasteiger partial charge in [-0.05, 0) is 47.5 Å². The van der Waals surface area contributed by atoms with E-state index in [2.05, 4.69) is 5.32 Å². The zero-order valence-corrected chi connectivity index (χ0v) is 18.6. The van der Waals surface area contributed by atoms with E-state index in [1.807, 2.05) is 42.5 Å². The molecular weight excluding hydrogens is 444 g/mol. The molecule has 0 aromatic heterocycles. The number of nitrogens with zero attached hydrogens (tertiary/aromatic N) is 1. The van der Waals surface area contributed by atoms with Crippen molar-refractivity contribution in [3.8, 4) is 17.2 Å². The average Bonchev–Trinajstić information content (AvgIpc) is 3.18. The SMILES string of the molecule is O=C(Nc1ccc2c(c1)OCO2)N1CCOc2ccc(COCc3ccc(Cl)cc3)cc2C1. The monoisotopic (exact) mass is 466 g/mol. The predicted octanol–water partition coefficient (Wildman–Crippen LogP) is 5.21. The highest BCUT2D eigenvalue weighted by atomic mass is 35.5. The molecule has 0 radical (unpaired) electrons. The molecule has 2 aliphatic heterocycles. The van der Waals surface area contributed by atoms with Gasteiger partial charge in [0.25, 0.3) is 0 Å². The maximum Gasteiger partial charge on any atom is 0.322 e. The second kappa shape index (κ2) is 9.60. The number of benzene rings is 3. The zero-order valence-electron chi connectivity index (χ0n) is 17.9. The third-order valence-electron chi connectivity index (χ3n) is 5.47. The summed E-state index contributed by atoms with van der Waals surface area (Å²) >= 11 is 5.93. The van der Waals surface area contributed by atoms with Gasteiger partial charge in [0.1, 0.15) is 12.4 Å². The van der Waals surface area contributed by atoms with E-state index >= 15 is 0 Å². The van der Waals surface area contributed by atoms with Crippen molar-refractivity contribution in [3.05, 3.63) is 82.4 Å². The molecule has 0 spiro atoms. The predicted molar refractivity (Wildman–Crippen MR) is 124 cm³/mol. The van der Waals surface area contributed by atoms with Crippen LogP contribution in [0.1, 0.15) is 16.7 Å². The number of carbonyl (C=O) groups excluding carboxylic acids is 1. The summed E-state index contributed by atoms with van der Waals surface area (Å²) in [7, 11) is 0. The van der Waals surface area contributed by atoms with Gasteiger partial charge in [-0.25, -0.2) is 4.79 Å². The minimum absolute atomic E-state index is 0.193. The molecule has 0 unspecified atom stereocenters. The third-order valence-corrected chi connectivity index (χ3v) is 5.72. The molecule has 0 saturated heterocycles. The van der Waals surface area contributed by atoms with Gasteiger partial charge in [-0.1, -0.05) is 29.8 Å². The number of rotatable bonds is 5. The fourth-order valence-corrected chi connectivity index (χ4v) is 3.88. The first kappa shape index (κ1) is 21.4. The van der Waals surface area contributed by atoms with Crippen molar-refractivity contribution >= 4 is 23.3 Å².